The molecule has 1 atom stereocenters. The Hall–Kier alpha value is -3.81. The van der Waals surface area contributed by atoms with Crippen LogP contribution in [0.25, 0.3) is 0 Å². The van der Waals surface area contributed by atoms with Crippen LogP contribution in [-0.4, -0.2) is 97.1 Å². The third kappa shape index (κ3) is 6.48. The van der Waals surface area contributed by atoms with E-state index >= 15 is 4.39 Å². The highest BCUT2D eigenvalue weighted by Gasteiger charge is 2.52. The van der Waals surface area contributed by atoms with Crippen molar-refractivity contribution in [3.05, 3.63) is 53.3 Å². The third-order valence-corrected chi connectivity index (χ3v) is 11.4. The maximum atomic E-state index is 15.3. The van der Waals surface area contributed by atoms with Gasteiger partial charge in [-0.2, -0.15) is 0 Å². The summed E-state index contributed by atoms with van der Waals surface area (Å²) >= 11 is 0. The largest absolute Gasteiger partial charge is 0.494 e. The van der Waals surface area contributed by atoms with Gasteiger partial charge < -0.3 is 24.0 Å². The first-order valence-electron chi connectivity index (χ1n) is 17.5. The topological polar surface area (TPSA) is 112 Å². The van der Waals surface area contributed by atoms with Gasteiger partial charge in [-0.3, -0.25) is 29.4 Å². The first-order valence-corrected chi connectivity index (χ1v) is 17.5. The Labute approximate surface area is 287 Å². The van der Waals surface area contributed by atoms with E-state index in [4.69, 9.17) is 9.31 Å². The maximum Gasteiger partial charge on any atom is 0.494 e. The second-order valence-electron chi connectivity index (χ2n) is 15.1. The molecule has 0 bridgehead atoms. The van der Waals surface area contributed by atoms with Gasteiger partial charge in [-0.1, -0.05) is 12.1 Å². The average Bonchev–Trinajstić information content (AvgIpc) is 3.49. The van der Waals surface area contributed by atoms with Crippen LogP contribution in [0.1, 0.15) is 75.7 Å². The summed E-state index contributed by atoms with van der Waals surface area (Å²) in [5.41, 5.74) is 2.29. The smallest absolute Gasteiger partial charge is 0.399 e. The molecule has 0 spiro atoms. The van der Waals surface area contributed by atoms with E-state index in [1.165, 1.54) is 11.0 Å². The van der Waals surface area contributed by atoms with Crippen LogP contribution in [0.15, 0.2) is 36.4 Å². The van der Waals surface area contributed by atoms with Crippen LogP contribution in [-0.2, 0) is 30.2 Å². The fourth-order valence-electron chi connectivity index (χ4n) is 7.65. The number of piperidine rings is 2. The van der Waals surface area contributed by atoms with Crippen LogP contribution in [0.3, 0.4) is 0 Å². The Morgan fingerprint density at radius 3 is 2.35 bits per heavy atom. The van der Waals surface area contributed by atoms with Crippen LogP contribution >= 0.6 is 0 Å². The lowest BCUT2D eigenvalue weighted by atomic mass is 9.79. The van der Waals surface area contributed by atoms with Crippen molar-refractivity contribution in [3.63, 3.8) is 0 Å². The number of nitrogens with one attached hydrogen (secondary N) is 1. The molecule has 4 amide bonds. The van der Waals surface area contributed by atoms with Gasteiger partial charge in [-0.05, 0) is 101 Å². The van der Waals surface area contributed by atoms with Crippen molar-refractivity contribution in [1.29, 1.82) is 0 Å². The number of nitrogens with zero attached hydrogens (tertiary/aromatic N) is 4. The molecule has 0 aliphatic carbocycles. The number of hydrogen-bond acceptors (Lipinski definition) is 8. The van der Waals surface area contributed by atoms with Gasteiger partial charge in [0, 0.05) is 50.4 Å². The summed E-state index contributed by atoms with van der Waals surface area (Å²) in [5, 5.41) is 2.31. The first kappa shape index (κ1) is 33.7. The summed E-state index contributed by atoms with van der Waals surface area (Å²) in [4.78, 5) is 58.1. The van der Waals surface area contributed by atoms with Crippen molar-refractivity contribution in [2.24, 2.45) is 5.92 Å². The molecule has 1 unspecified atom stereocenters. The van der Waals surface area contributed by atoms with E-state index in [1.807, 2.05) is 61.8 Å². The van der Waals surface area contributed by atoms with Gasteiger partial charge in [-0.25, -0.2) is 4.39 Å². The molecule has 7 rings (SSSR count). The number of carbonyl (C=O) groups is 4. The minimum atomic E-state index is -0.725. The molecule has 49 heavy (non-hydrogen) atoms. The summed E-state index contributed by atoms with van der Waals surface area (Å²) in [7, 11) is -0.482. The Balaban J connectivity index is 0.896. The summed E-state index contributed by atoms with van der Waals surface area (Å²) < 4.78 is 27.8. The monoisotopic (exact) mass is 673 g/mol. The lowest BCUT2D eigenvalue weighted by Crippen LogP contribution is -2.52. The van der Waals surface area contributed by atoms with Gasteiger partial charge in [0.25, 0.3) is 5.91 Å². The van der Waals surface area contributed by atoms with Crippen LogP contribution in [0.2, 0.25) is 0 Å². The number of fused-ring (bicyclic) bond motifs is 1. The number of rotatable bonds is 7. The first-order chi connectivity index (χ1) is 23.3. The van der Waals surface area contributed by atoms with Gasteiger partial charge in [-0.15, -0.1) is 0 Å². The second-order valence-corrected chi connectivity index (χ2v) is 15.1. The minimum Gasteiger partial charge on any atom is -0.399 e. The second kappa shape index (κ2) is 12.8. The lowest BCUT2D eigenvalue weighted by molar-refractivity contribution is -0.137. The normalized spacial score (nSPS) is 24.6. The Bertz CT molecular complexity index is 1660. The summed E-state index contributed by atoms with van der Waals surface area (Å²) in [5.74, 6) is -0.945. The van der Waals surface area contributed by atoms with E-state index in [2.05, 4.69) is 10.2 Å². The Morgan fingerprint density at radius 2 is 1.65 bits per heavy atom. The van der Waals surface area contributed by atoms with Crippen LogP contribution < -0.4 is 20.6 Å². The molecule has 2 aromatic rings. The van der Waals surface area contributed by atoms with E-state index in [1.54, 1.807) is 6.07 Å². The minimum absolute atomic E-state index is 0.0740. The maximum absolute atomic E-state index is 15.3. The molecule has 13 heteroatoms. The van der Waals surface area contributed by atoms with Crippen molar-refractivity contribution in [1.82, 2.24) is 15.1 Å². The number of imide groups is 1. The van der Waals surface area contributed by atoms with Crippen molar-refractivity contribution in [2.45, 2.75) is 83.6 Å². The quantitative estimate of drug-likeness (QED) is 0.353. The van der Waals surface area contributed by atoms with Gasteiger partial charge in [0.2, 0.25) is 17.7 Å². The highest BCUT2D eigenvalue weighted by atomic mass is 19.1. The highest BCUT2D eigenvalue weighted by molar-refractivity contribution is 6.62. The number of carbonyl (C=O) groups excluding carboxylic acids is 4. The zero-order valence-corrected chi connectivity index (χ0v) is 28.8. The van der Waals surface area contributed by atoms with E-state index in [9.17, 15) is 19.2 Å². The highest BCUT2D eigenvalue weighted by Crippen LogP contribution is 2.37. The fraction of sp³-hybridized carbons (Fsp3) is 0.556. The summed E-state index contributed by atoms with van der Waals surface area (Å²) in [6.45, 7) is 12.2. The number of benzene rings is 2. The van der Waals surface area contributed by atoms with Crippen molar-refractivity contribution < 1.29 is 32.9 Å². The standard InChI is InChI=1S/C36H45BFN5O6/c1-35(2)36(3,4)49-37(48-35)25-6-5-7-26(19-25)42-17-16-40(22-32(42)45)13-10-23-11-14-41(15-12-23)30-20-27-24(18-28(30)38)21-43(34(27)47)29-8-9-31(44)39-33(29)46/h5-7,18-20,23,29H,8-17,21-22H2,1-4H3,(H,39,44,46). The molecule has 0 aromatic heterocycles. The van der Waals surface area contributed by atoms with Crippen molar-refractivity contribution in [2.75, 3.05) is 49.1 Å². The van der Waals surface area contributed by atoms with Gasteiger partial charge in [0.05, 0.1) is 23.4 Å². The number of hydrogen-bond donors (Lipinski definition) is 1. The SMILES string of the molecule is CC1(C)OB(c2cccc(N3CCN(CCC4CCN(c5cc6c(cc5F)CN(C5CCC(=O)NC5=O)C6=O)CC4)CC3=O)c2)OC1(C)C. The van der Waals surface area contributed by atoms with Crippen molar-refractivity contribution >= 4 is 47.6 Å². The molecule has 4 fully saturated rings. The number of halogens is 1. The van der Waals surface area contributed by atoms with Crippen molar-refractivity contribution in [3.8, 4) is 0 Å². The summed E-state index contributed by atoms with van der Waals surface area (Å²) in [6.07, 6.45) is 3.20. The molecule has 11 nitrogen and oxygen atoms in total. The van der Waals surface area contributed by atoms with Crippen LogP contribution in [0.4, 0.5) is 15.8 Å². The molecule has 5 aliphatic rings. The molecule has 4 saturated heterocycles. The van der Waals surface area contributed by atoms with Gasteiger partial charge in [0.1, 0.15) is 11.9 Å². The molecule has 1 N–H and O–H groups in total. The Morgan fingerprint density at radius 1 is 0.918 bits per heavy atom. The number of piperazine rings is 1. The Kier molecular flexibility index (Phi) is 8.81. The molecule has 0 radical (unpaired) electrons. The zero-order chi connectivity index (χ0) is 34.7. The number of anilines is 2. The lowest BCUT2D eigenvalue weighted by Gasteiger charge is -2.37. The molecule has 5 aliphatic heterocycles. The molecular weight excluding hydrogens is 628 g/mol. The molecule has 2 aromatic carbocycles. The number of amides is 4. The van der Waals surface area contributed by atoms with Crippen LogP contribution in [0, 0.1) is 11.7 Å². The van der Waals surface area contributed by atoms with E-state index in [-0.39, 0.29) is 42.9 Å². The molecular formula is C36H45BFN5O6. The predicted octanol–water partition coefficient (Wildman–Crippen LogP) is 2.84. The van der Waals surface area contributed by atoms with Crippen LogP contribution in [0.5, 0.6) is 0 Å². The average molecular weight is 674 g/mol. The molecule has 5 heterocycles. The predicted molar refractivity (Wildman–Crippen MR) is 183 cm³/mol. The summed E-state index contributed by atoms with van der Waals surface area (Å²) in [6, 6.07) is 10.2. The molecule has 0 saturated carbocycles. The van der Waals surface area contributed by atoms with E-state index in [0.717, 1.165) is 43.5 Å². The van der Waals surface area contributed by atoms with Gasteiger partial charge >= 0.3 is 7.12 Å². The third-order valence-electron chi connectivity index (χ3n) is 11.4. The van der Waals surface area contributed by atoms with E-state index < -0.39 is 30.3 Å². The van der Waals surface area contributed by atoms with Gasteiger partial charge in [0.15, 0.2) is 0 Å². The zero-order valence-electron chi connectivity index (χ0n) is 28.8. The molecule has 260 valence electrons. The fourth-order valence-corrected chi connectivity index (χ4v) is 7.65. The van der Waals surface area contributed by atoms with E-state index in [0.29, 0.717) is 48.9 Å².